The van der Waals surface area contributed by atoms with Crippen LogP contribution in [-0.2, 0) is 33.4 Å². The number of hydrogen-bond donors (Lipinski definition) is 1. The zero-order valence-corrected chi connectivity index (χ0v) is 22.9. The number of likely N-dealkylation sites (N-methyl/N-ethyl adjacent to an activating group) is 1. The topological polar surface area (TPSA) is 83.7 Å². The number of fused-ring (bicyclic) bond motifs is 1. The van der Waals surface area contributed by atoms with Gasteiger partial charge in [-0.1, -0.05) is 30.3 Å². The normalized spacial score (nSPS) is 17.8. The fraction of sp³-hybridized carbons (Fsp3) is 0.233. The van der Waals surface area contributed by atoms with Gasteiger partial charge in [0.2, 0.25) is 5.90 Å². The Hall–Kier alpha value is -3.88. The van der Waals surface area contributed by atoms with Crippen LogP contribution in [0.25, 0.3) is 0 Å². The summed E-state index contributed by atoms with van der Waals surface area (Å²) < 4.78 is 10.7. The number of allylic oxidation sites excluding steroid dienone is 2. The third kappa shape index (κ3) is 6.15. The monoisotopic (exact) mass is 556 g/mol. The Kier molecular flexibility index (Phi) is 9.49. The molecule has 1 radical (unpaired) electrons. The number of carbonyl (C=O) groups is 1. The summed E-state index contributed by atoms with van der Waals surface area (Å²) in [7, 11) is 1.67. The van der Waals surface area contributed by atoms with Crippen molar-refractivity contribution in [3.8, 4) is 11.5 Å². The Labute approximate surface area is 233 Å². The quantitative estimate of drug-likeness (QED) is 0.124. The number of carbonyl (C=O) groups excluding carboxylic acids is 1. The number of nitrogens with zero attached hydrogens (tertiary/aromatic N) is 3. The summed E-state index contributed by atoms with van der Waals surface area (Å²) in [5.74, 6) is 0.820. The predicted molar refractivity (Wildman–Crippen MR) is 147 cm³/mol. The van der Waals surface area contributed by atoms with Crippen LogP contribution in [0, 0.1) is 0 Å². The van der Waals surface area contributed by atoms with E-state index >= 15 is 0 Å². The number of rotatable bonds is 8. The third-order valence-electron chi connectivity index (χ3n) is 6.49. The average Bonchev–Trinajstić information content (AvgIpc) is 3.14. The standard InChI is InChI=1S/C30H31N3O4.Co/c1-5-33-27-16-15-25(36-4)19-26(27)30(3,20-22-11-13-24(14-12-22)37-21(2)34)28(33)17-18-31-32-29(35)23-9-7-6-8-10-23;/h6-19H,5,20H2,1-4H3,(H,32,35);/b28-17-,31-18+;. The minimum atomic E-state index is -0.403. The van der Waals surface area contributed by atoms with Gasteiger partial charge in [-0.3, -0.25) is 4.79 Å². The molecule has 199 valence electrons. The van der Waals surface area contributed by atoms with Crippen molar-refractivity contribution in [3.05, 3.63) is 101 Å². The van der Waals surface area contributed by atoms with Crippen LogP contribution in [0.1, 0.15) is 37.5 Å². The molecule has 0 aliphatic carbocycles. The largest absolute Gasteiger partial charge is 0.497 e. The van der Waals surface area contributed by atoms with Gasteiger partial charge in [0.1, 0.15) is 11.5 Å². The molecule has 4 rings (SSSR count). The molecular weight excluding hydrogens is 525 g/mol. The van der Waals surface area contributed by atoms with Gasteiger partial charge < -0.3 is 19.5 Å². The van der Waals surface area contributed by atoms with E-state index < -0.39 is 5.41 Å². The summed E-state index contributed by atoms with van der Waals surface area (Å²) in [6.45, 7) is 6.46. The number of aliphatic hydroxyl groups excluding tert-OH is 1. The van der Waals surface area contributed by atoms with Gasteiger partial charge in [0.15, 0.2) is 0 Å². The summed E-state index contributed by atoms with van der Waals surface area (Å²) in [6, 6.07) is 22.8. The Morgan fingerprint density at radius 3 is 2.37 bits per heavy atom. The minimum Gasteiger partial charge on any atom is -0.497 e. The summed E-state index contributed by atoms with van der Waals surface area (Å²) in [5.41, 5.74) is 4.60. The molecule has 38 heavy (non-hydrogen) atoms. The maximum atomic E-state index is 11.3. The fourth-order valence-corrected chi connectivity index (χ4v) is 4.77. The van der Waals surface area contributed by atoms with E-state index in [0.717, 1.165) is 34.8 Å². The van der Waals surface area contributed by atoms with Gasteiger partial charge in [-0.25, -0.2) is 0 Å². The summed E-state index contributed by atoms with van der Waals surface area (Å²) in [5, 5.41) is 18.3. The maximum absolute atomic E-state index is 11.3. The first-order valence-corrected chi connectivity index (χ1v) is 12.1. The Morgan fingerprint density at radius 1 is 1.05 bits per heavy atom. The van der Waals surface area contributed by atoms with Crippen molar-refractivity contribution in [2.45, 2.75) is 32.6 Å². The molecule has 3 aromatic carbocycles. The summed E-state index contributed by atoms with van der Waals surface area (Å²) in [4.78, 5) is 13.6. The SMILES string of the molecule is CCN1\C(=C/C=N/N=C(\O)c2ccccc2)C(C)(Cc2ccc(OC(C)=O)cc2)c2cc(OC)ccc21.[Co]. The van der Waals surface area contributed by atoms with E-state index in [-0.39, 0.29) is 28.6 Å². The zero-order chi connectivity index (χ0) is 26.4. The van der Waals surface area contributed by atoms with Crippen molar-refractivity contribution in [2.75, 3.05) is 18.6 Å². The molecule has 0 saturated carbocycles. The first-order valence-electron chi connectivity index (χ1n) is 12.1. The Bertz CT molecular complexity index is 1350. The first-order chi connectivity index (χ1) is 17.9. The van der Waals surface area contributed by atoms with Gasteiger partial charge in [0.25, 0.3) is 0 Å². The number of esters is 1. The number of ether oxygens (including phenoxy) is 2. The van der Waals surface area contributed by atoms with Crippen LogP contribution in [-0.4, -0.2) is 36.8 Å². The molecule has 0 saturated heterocycles. The van der Waals surface area contributed by atoms with E-state index in [9.17, 15) is 9.90 Å². The number of anilines is 1. The van der Waals surface area contributed by atoms with E-state index in [2.05, 4.69) is 41.1 Å². The van der Waals surface area contributed by atoms with E-state index in [1.54, 1.807) is 25.5 Å². The van der Waals surface area contributed by atoms with Gasteiger partial charge >= 0.3 is 5.97 Å². The smallest absolute Gasteiger partial charge is 0.308 e. The maximum Gasteiger partial charge on any atom is 0.308 e. The number of aliphatic hydroxyl groups is 1. The van der Waals surface area contributed by atoms with Crippen LogP contribution in [0.3, 0.4) is 0 Å². The molecule has 1 N–H and O–H groups in total. The molecule has 8 heteroatoms. The molecule has 1 aliphatic heterocycles. The molecule has 0 amide bonds. The number of methoxy groups -OCH3 is 1. The van der Waals surface area contributed by atoms with E-state index in [4.69, 9.17) is 9.47 Å². The van der Waals surface area contributed by atoms with Crippen molar-refractivity contribution in [2.24, 2.45) is 10.2 Å². The molecular formula is C30H31CoN3O4. The van der Waals surface area contributed by atoms with Crippen molar-refractivity contribution in [1.82, 2.24) is 0 Å². The van der Waals surface area contributed by atoms with Gasteiger partial charge in [-0.15, -0.1) is 5.10 Å². The number of hydrogen-bond acceptors (Lipinski definition) is 6. The van der Waals surface area contributed by atoms with E-state index in [1.807, 2.05) is 54.6 Å². The van der Waals surface area contributed by atoms with Gasteiger partial charge in [0.05, 0.1) is 13.3 Å². The third-order valence-corrected chi connectivity index (χ3v) is 6.49. The van der Waals surface area contributed by atoms with Crippen LogP contribution in [0.4, 0.5) is 5.69 Å². The zero-order valence-electron chi connectivity index (χ0n) is 21.8. The fourth-order valence-electron chi connectivity index (χ4n) is 4.77. The molecule has 1 unspecified atom stereocenters. The molecule has 0 fully saturated rings. The first kappa shape index (κ1) is 28.7. The van der Waals surface area contributed by atoms with Crippen LogP contribution >= 0.6 is 0 Å². The molecule has 1 atom stereocenters. The Morgan fingerprint density at radius 2 is 1.74 bits per heavy atom. The molecule has 0 bridgehead atoms. The minimum absolute atomic E-state index is 0. The molecule has 0 aromatic heterocycles. The molecule has 1 aliphatic rings. The van der Waals surface area contributed by atoms with Crippen molar-refractivity contribution < 1.29 is 36.2 Å². The van der Waals surface area contributed by atoms with Gasteiger partial charge in [-0.05, 0) is 79.9 Å². The summed E-state index contributed by atoms with van der Waals surface area (Å²) in [6.07, 6.45) is 4.26. The second-order valence-electron chi connectivity index (χ2n) is 8.98. The van der Waals surface area contributed by atoms with Crippen LogP contribution in [0.5, 0.6) is 11.5 Å². The van der Waals surface area contributed by atoms with E-state index in [1.165, 1.54) is 6.92 Å². The van der Waals surface area contributed by atoms with Crippen molar-refractivity contribution in [1.29, 1.82) is 0 Å². The van der Waals surface area contributed by atoms with Crippen LogP contribution < -0.4 is 14.4 Å². The Balaban J connectivity index is 0.00000400. The molecule has 7 nitrogen and oxygen atoms in total. The second-order valence-corrected chi connectivity index (χ2v) is 8.98. The van der Waals surface area contributed by atoms with Crippen molar-refractivity contribution in [3.63, 3.8) is 0 Å². The van der Waals surface area contributed by atoms with E-state index in [0.29, 0.717) is 17.7 Å². The van der Waals surface area contributed by atoms with Gasteiger partial charge in [-0.2, -0.15) is 5.10 Å². The average molecular weight is 557 g/mol. The molecule has 1 heterocycles. The second kappa shape index (κ2) is 12.6. The number of benzene rings is 3. The predicted octanol–water partition coefficient (Wildman–Crippen LogP) is 5.83. The van der Waals surface area contributed by atoms with Gasteiger partial charge in [0, 0.05) is 52.6 Å². The molecule has 0 spiro atoms. The summed E-state index contributed by atoms with van der Waals surface area (Å²) >= 11 is 0. The van der Waals surface area contributed by atoms with Crippen LogP contribution in [0.15, 0.2) is 94.8 Å². The molecule has 3 aromatic rings. The van der Waals surface area contributed by atoms with Crippen molar-refractivity contribution >= 4 is 23.8 Å². The van der Waals surface area contributed by atoms with Crippen LogP contribution in [0.2, 0.25) is 0 Å².